The summed E-state index contributed by atoms with van der Waals surface area (Å²) in [6.45, 7) is 3.13. The highest BCUT2D eigenvalue weighted by Crippen LogP contribution is 2.32. The molecule has 1 aromatic carbocycles. The van der Waals surface area contributed by atoms with E-state index < -0.39 is 0 Å². The van der Waals surface area contributed by atoms with Crippen molar-refractivity contribution in [3.05, 3.63) is 29.8 Å². The zero-order valence-electron chi connectivity index (χ0n) is 11.4. The van der Waals surface area contributed by atoms with Gasteiger partial charge in [0.15, 0.2) is 0 Å². The number of ether oxygens (including phenoxy) is 1. The molecule has 1 aromatic rings. The second kappa shape index (κ2) is 6.68. The van der Waals surface area contributed by atoms with Gasteiger partial charge in [0.2, 0.25) is 5.91 Å². The van der Waals surface area contributed by atoms with Gasteiger partial charge in [-0.15, -0.1) is 0 Å². The number of amides is 1. The SMILES string of the molecule is CCOCc1ccccc1NC(=O)CC(N)C1CC1. The highest BCUT2D eigenvalue weighted by atomic mass is 16.5. The van der Waals surface area contributed by atoms with E-state index in [4.69, 9.17) is 10.5 Å². The first-order valence-corrected chi connectivity index (χ1v) is 6.91. The molecule has 19 heavy (non-hydrogen) atoms. The average molecular weight is 262 g/mol. The van der Waals surface area contributed by atoms with Crippen molar-refractivity contribution in [1.82, 2.24) is 0 Å². The minimum atomic E-state index is -0.0108. The fraction of sp³-hybridized carbons (Fsp3) is 0.533. The summed E-state index contributed by atoms with van der Waals surface area (Å²) >= 11 is 0. The van der Waals surface area contributed by atoms with E-state index in [0.717, 1.165) is 24.1 Å². The van der Waals surface area contributed by atoms with Crippen LogP contribution in [0.4, 0.5) is 5.69 Å². The smallest absolute Gasteiger partial charge is 0.225 e. The van der Waals surface area contributed by atoms with Gasteiger partial charge in [-0.05, 0) is 31.7 Å². The highest BCUT2D eigenvalue weighted by Gasteiger charge is 2.29. The number of hydrogen-bond acceptors (Lipinski definition) is 3. The number of nitrogens with two attached hydrogens (primary N) is 1. The van der Waals surface area contributed by atoms with Crippen molar-refractivity contribution >= 4 is 11.6 Å². The number of anilines is 1. The van der Waals surface area contributed by atoms with Crippen LogP contribution >= 0.6 is 0 Å². The van der Waals surface area contributed by atoms with Crippen molar-refractivity contribution in [1.29, 1.82) is 0 Å². The first-order valence-electron chi connectivity index (χ1n) is 6.91. The fourth-order valence-electron chi connectivity index (χ4n) is 2.09. The predicted octanol–water partition coefficient (Wildman–Crippen LogP) is 2.29. The van der Waals surface area contributed by atoms with Crippen molar-refractivity contribution < 1.29 is 9.53 Å². The van der Waals surface area contributed by atoms with Gasteiger partial charge >= 0.3 is 0 Å². The number of carbonyl (C=O) groups is 1. The van der Waals surface area contributed by atoms with E-state index in [9.17, 15) is 4.79 Å². The van der Waals surface area contributed by atoms with Gasteiger partial charge in [-0.25, -0.2) is 0 Å². The lowest BCUT2D eigenvalue weighted by Gasteiger charge is -2.13. The third-order valence-corrected chi connectivity index (χ3v) is 3.40. The van der Waals surface area contributed by atoms with E-state index in [-0.39, 0.29) is 11.9 Å². The summed E-state index contributed by atoms with van der Waals surface area (Å²) in [5, 5.41) is 2.93. The number of benzene rings is 1. The quantitative estimate of drug-likeness (QED) is 0.792. The average Bonchev–Trinajstić information content (AvgIpc) is 3.22. The third kappa shape index (κ3) is 4.33. The van der Waals surface area contributed by atoms with Crippen LogP contribution in [-0.4, -0.2) is 18.6 Å². The Morgan fingerprint density at radius 1 is 1.47 bits per heavy atom. The van der Waals surface area contributed by atoms with Crippen LogP contribution in [0.15, 0.2) is 24.3 Å². The molecule has 0 aliphatic heterocycles. The van der Waals surface area contributed by atoms with Crippen LogP contribution in [0.1, 0.15) is 31.7 Å². The van der Waals surface area contributed by atoms with Crippen molar-refractivity contribution in [3.8, 4) is 0 Å². The van der Waals surface area contributed by atoms with Crippen LogP contribution in [0.3, 0.4) is 0 Å². The molecule has 1 fully saturated rings. The Hall–Kier alpha value is -1.39. The first-order chi connectivity index (χ1) is 9.20. The van der Waals surface area contributed by atoms with Crippen molar-refractivity contribution in [2.75, 3.05) is 11.9 Å². The molecule has 0 heterocycles. The molecular weight excluding hydrogens is 240 g/mol. The second-order valence-electron chi connectivity index (χ2n) is 5.05. The van der Waals surface area contributed by atoms with Crippen LogP contribution in [0.2, 0.25) is 0 Å². The minimum absolute atomic E-state index is 0.000876. The summed E-state index contributed by atoms with van der Waals surface area (Å²) in [5.41, 5.74) is 7.79. The molecule has 1 aliphatic rings. The third-order valence-electron chi connectivity index (χ3n) is 3.40. The highest BCUT2D eigenvalue weighted by molar-refractivity contribution is 5.91. The van der Waals surface area contributed by atoms with Gasteiger partial charge in [-0.2, -0.15) is 0 Å². The van der Waals surface area contributed by atoms with Gasteiger partial charge in [0.1, 0.15) is 0 Å². The number of nitrogens with one attached hydrogen (secondary N) is 1. The molecule has 0 aromatic heterocycles. The number of rotatable bonds is 7. The standard InChI is InChI=1S/C15H22N2O2/c1-2-19-10-12-5-3-4-6-14(12)17-15(18)9-13(16)11-7-8-11/h3-6,11,13H,2,7-10,16H2,1H3,(H,17,18). The van der Waals surface area contributed by atoms with Gasteiger partial charge in [-0.1, -0.05) is 18.2 Å². The summed E-state index contributed by atoms with van der Waals surface area (Å²) in [6.07, 6.45) is 2.72. The summed E-state index contributed by atoms with van der Waals surface area (Å²) in [4.78, 5) is 11.9. The number of carbonyl (C=O) groups excluding carboxylic acids is 1. The van der Waals surface area contributed by atoms with Crippen molar-refractivity contribution in [2.24, 2.45) is 11.7 Å². The molecule has 2 rings (SSSR count). The van der Waals surface area contributed by atoms with E-state index in [1.807, 2.05) is 31.2 Å². The Labute approximate surface area is 114 Å². The molecule has 0 saturated heterocycles. The Kier molecular flexibility index (Phi) is 4.93. The maximum absolute atomic E-state index is 11.9. The molecule has 1 atom stereocenters. The Morgan fingerprint density at radius 2 is 2.21 bits per heavy atom. The molecule has 0 bridgehead atoms. The predicted molar refractivity (Wildman–Crippen MR) is 75.7 cm³/mol. The summed E-state index contributed by atoms with van der Waals surface area (Å²) in [5.74, 6) is 0.535. The largest absolute Gasteiger partial charge is 0.377 e. The molecule has 104 valence electrons. The lowest BCUT2D eigenvalue weighted by molar-refractivity contribution is -0.116. The monoisotopic (exact) mass is 262 g/mol. The lowest BCUT2D eigenvalue weighted by Crippen LogP contribution is -2.29. The second-order valence-corrected chi connectivity index (χ2v) is 5.05. The molecule has 4 nitrogen and oxygen atoms in total. The van der Waals surface area contributed by atoms with Gasteiger partial charge in [0.25, 0.3) is 0 Å². The molecule has 1 amide bonds. The molecule has 3 N–H and O–H groups in total. The maximum Gasteiger partial charge on any atom is 0.225 e. The van der Waals surface area contributed by atoms with Gasteiger partial charge < -0.3 is 15.8 Å². The van der Waals surface area contributed by atoms with E-state index in [2.05, 4.69) is 5.32 Å². The van der Waals surface area contributed by atoms with E-state index in [1.54, 1.807) is 0 Å². The first kappa shape index (κ1) is 14.0. The van der Waals surface area contributed by atoms with Gasteiger partial charge in [-0.3, -0.25) is 4.79 Å². The Balaban J connectivity index is 1.91. The summed E-state index contributed by atoms with van der Waals surface area (Å²) in [7, 11) is 0. The van der Waals surface area contributed by atoms with E-state index in [1.165, 1.54) is 0 Å². The van der Waals surface area contributed by atoms with Crippen molar-refractivity contribution in [2.45, 2.75) is 38.8 Å². The summed E-state index contributed by atoms with van der Waals surface area (Å²) in [6, 6.07) is 7.71. The molecule has 1 aliphatic carbocycles. The number of hydrogen-bond donors (Lipinski definition) is 2. The van der Waals surface area contributed by atoms with Gasteiger partial charge in [0, 0.05) is 30.3 Å². The molecule has 1 saturated carbocycles. The normalized spacial score (nSPS) is 16.1. The maximum atomic E-state index is 11.9. The number of para-hydroxylation sites is 1. The van der Waals surface area contributed by atoms with Crippen molar-refractivity contribution in [3.63, 3.8) is 0 Å². The zero-order valence-corrected chi connectivity index (χ0v) is 11.4. The Bertz CT molecular complexity index is 430. The Morgan fingerprint density at radius 3 is 2.89 bits per heavy atom. The molecule has 0 radical (unpaired) electrons. The molecule has 4 heteroatoms. The topological polar surface area (TPSA) is 64.3 Å². The van der Waals surface area contributed by atoms with Crippen LogP contribution in [0.5, 0.6) is 0 Å². The van der Waals surface area contributed by atoms with Gasteiger partial charge in [0.05, 0.1) is 6.61 Å². The van der Waals surface area contributed by atoms with Crippen LogP contribution < -0.4 is 11.1 Å². The fourth-order valence-corrected chi connectivity index (χ4v) is 2.09. The van der Waals surface area contributed by atoms with Crippen LogP contribution in [0, 0.1) is 5.92 Å². The lowest BCUT2D eigenvalue weighted by atomic mass is 10.1. The van der Waals surface area contributed by atoms with Crippen LogP contribution in [-0.2, 0) is 16.1 Å². The molecule has 1 unspecified atom stereocenters. The minimum Gasteiger partial charge on any atom is -0.377 e. The zero-order chi connectivity index (χ0) is 13.7. The van der Waals surface area contributed by atoms with Crippen LogP contribution in [0.25, 0.3) is 0 Å². The molecule has 0 spiro atoms. The summed E-state index contributed by atoms with van der Waals surface area (Å²) < 4.78 is 5.40. The van der Waals surface area contributed by atoms with E-state index >= 15 is 0 Å². The van der Waals surface area contributed by atoms with E-state index in [0.29, 0.717) is 25.6 Å². The molecular formula is C15H22N2O2.